The lowest BCUT2D eigenvalue weighted by molar-refractivity contribution is 0.479. The molecule has 0 saturated carbocycles. The molecule has 0 unspecified atom stereocenters. The van der Waals surface area contributed by atoms with E-state index in [1.165, 1.54) is 25.7 Å². The third-order valence-electron chi connectivity index (χ3n) is 2.68. The summed E-state index contributed by atoms with van der Waals surface area (Å²) in [6.45, 7) is 13.2. The van der Waals surface area contributed by atoms with E-state index in [-0.39, 0.29) is 0 Å². The van der Waals surface area contributed by atoms with Gasteiger partial charge in [0.25, 0.3) is 0 Å². The van der Waals surface area contributed by atoms with Crippen molar-refractivity contribution in [1.82, 2.24) is 0 Å². The Hall–Kier alpha value is -0.520. The Morgan fingerprint density at radius 2 is 1.80 bits per heavy atom. The van der Waals surface area contributed by atoms with Crippen LogP contribution in [-0.2, 0) is 0 Å². The molecular weight excluding hydrogens is 180 g/mol. The summed E-state index contributed by atoms with van der Waals surface area (Å²) < 4.78 is 0. The Labute approximate surface area is 96.5 Å². The van der Waals surface area contributed by atoms with Crippen LogP contribution in [0.25, 0.3) is 0 Å². The zero-order valence-corrected chi connectivity index (χ0v) is 11.5. The molecule has 0 radical (unpaired) electrons. The van der Waals surface area contributed by atoms with Gasteiger partial charge >= 0.3 is 0 Å². The highest BCUT2D eigenvalue weighted by atomic mass is 14.2. The van der Waals surface area contributed by atoms with Crippen molar-refractivity contribution in [3.8, 4) is 0 Å². The van der Waals surface area contributed by atoms with Crippen molar-refractivity contribution in [3.63, 3.8) is 0 Å². The quantitative estimate of drug-likeness (QED) is 0.561. The van der Waals surface area contributed by atoms with Gasteiger partial charge in [-0.1, -0.05) is 71.3 Å². The Kier molecular flexibility index (Phi) is 6.63. The second-order valence-corrected chi connectivity index (χ2v) is 4.99. The fourth-order valence-corrected chi connectivity index (χ4v) is 1.82. The highest BCUT2D eigenvalue weighted by Crippen LogP contribution is 2.33. The minimum Gasteiger partial charge on any atom is -0.0810 e. The lowest BCUT2D eigenvalue weighted by Crippen LogP contribution is -2.11. The second kappa shape index (κ2) is 6.87. The molecule has 0 bridgehead atoms. The van der Waals surface area contributed by atoms with Crippen molar-refractivity contribution in [2.75, 3.05) is 0 Å². The van der Waals surface area contributed by atoms with E-state index in [1.54, 1.807) is 11.1 Å². The van der Waals surface area contributed by atoms with E-state index in [2.05, 4.69) is 39.8 Å². The van der Waals surface area contributed by atoms with E-state index in [9.17, 15) is 0 Å². The van der Waals surface area contributed by atoms with E-state index < -0.39 is 0 Å². The minimum absolute atomic E-state index is 0.368. The first-order chi connectivity index (χ1) is 7.04. The van der Waals surface area contributed by atoms with Gasteiger partial charge in [-0.05, 0) is 24.7 Å². The van der Waals surface area contributed by atoms with Crippen molar-refractivity contribution in [2.24, 2.45) is 5.41 Å². The summed E-state index contributed by atoms with van der Waals surface area (Å²) in [6, 6.07) is 0. The van der Waals surface area contributed by atoms with E-state index in [4.69, 9.17) is 0 Å². The number of allylic oxidation sites excluding steroid dienone is 4. The average Bonchev–Trinajstić information content (AvgIpc) is 2.21. The smallest absolute Gasteiger partial charge is 0.0170 e. The van der Waals surface area contributed by atoms with Crippen LogP contribution in [0, 0.1) is 5.41 Å². The summed E-state index contributed by atoms with van der Waals surface area (Å²) in [7, 11) is 0. The van der Waals surface area contributed by atoms with Crippen LogP contribution in [-0.4, -0.2) is 0 Å². The molecule has 0 aromatic heterocycles. The molecule has 1 rings (SSSR count). The molecule has 0 aromatic carbocycles. The second-order valence-electron chi connectivity index (χ2n) is 4.99. The molecule has 0 heteroatoms. The van der Waals surface area contributed by atoms with Gasteiger partial charge in [0.2, 0.25) is 0 Å². The van der Waals surface area contributed by atoms with E-state index in [0.717, 1.165) is 0 Å². The molecule has 0 saturated heterocycles. The molecule has 0 amide bonds. The maximum absolute atomic E-state index is 2.42. The van der Waals surface area contributed by atoms with Crippen LogP contribution in [0.5, 0.6) is 0 Å². The topological polar surface area (TPSA) is 0 Å². The molecule has 1 aliphatic carbocycles. The molecule has 1 aliphatic rings. The normalized spacial score (nSPS) is 16.1. The largest absolute Gasteiger partial charge is 0.0810 e. The van der Waals surface area contributed by atoms with Crippen molar-refractivity contribution >= 4 is 0 Å². The number of rotatable bonds is 2. The van der Waals surface area contributed by atoms with Crippen molar-refractivity contribution < 1.29 is 0 Å². The fraction of sp³-hybridized carbons (Fsp3) is 0.733. The summed E-state index contributed by atoms with van der Waals surface area (Å²) in [5.41, 5.74) is 3.55. The van der Waals surface area contributed by atoms with E-state index in [0.29, 0.717) is 5.41 Å². The maximum Gasteiger partial charge on any atom is -0.0170 e. The van der Waals surface area contributed by atoms with Gasteiger partial charge in [0.15, 0.2) is 0 Å². The Morgan fingerprint density at radius 3 is 2.27 bits per heavy atom. The average molecular weight is 208 g/mol. The third-order valence-corrected chi connectivity index (χ3v) is 2.68. The fourth-order valence-electron chi connectivity index (χ4n) is 1.82. The molecule has 0 N–H and O–H groups in total. The van der Waals surface area contributed by atoms with E-state index >= 15 is 0 Å². The van der Waals surface area contributed by atoms with Crippen LogP contribution < -0.4 is 0 Å². The highest BCUT2D eigenvalue weighted by Gasteiger charge is 2.18. The first-order valence-corrected chi connectivity index (χ1v) is 6.44. The summed E-state index contributed by atoms with van der Waals surface area (Å²) in [5, 5.41) is 0. The van der Waals surface area contributed by atoms with Crippen LogP contribution in [0.2, 0.25) is 0 Å². The van der Waals surface area contributed by atoms with Crippen molar-refractivity contribution in [2.45, 2.75) is 67.2 Å². The molecule has 0 aromatic rings. The van der Waals surface area contributed by atoms with Gasteiger partial charge in [-0.3, -0.25) is 0 Å². The van der Waals surface area contributed by atoms with Gasteiger partial charge in [-0.25, -0.2) is 0 Å². The van der Waals surface area contributed by atoms with Crippen LogP contribution in [0.4, 0.5) is 0 Å². The standard InChI is InChI=1S/C13H22.C2H6/c1-5-7-11-8-6-9-12(10-11)13(2,3)4;1-2/h8,10H,5-7,9H2,1-4H3;1-2H3. The van der Waals surface area contributed by atoms with Gasteiger partial charge in [0.1, 0.15) is 0 Å². The molecule has 0 aliphatic heterocycles. The molecule has 0 heterocycles. The van der Waals surface area contributed by atoms with Crippen LogP contribution in [0.15, 0.2) is 23.3 Å². The molecule has 0 fully saturated rings. The third kappa shape index (κ3) is 5.20. The summed E-state index contributed by atoms with van der Waals surface area (Å²) >= 11 is 0. The summed E-state index contributed by atoms with van der Waals surface area (Å²) in [6.07, 6.45) is 9.85. The predicted octanol–water partition coefficient (Wildman–Crippen LogP) is 5.51. The Balaban J connectivity index is 0.000000921. The van der Waals surface area contributed by atoms with Crippen molar-refractivity contribution in [1.29, 1.82) is 0 Å². The monoisotopic (exact) mass is 208 g/mol. The molecule has 15 heavy (non-hydrogen) atoms. The lowest BCUT2D eigenvalue weighted by Gasteiger charge is -2.26. The zero-order chi connectivity index (χ0) is 11.9. The molecule has 88 valence electrons. The SMILES string of the molecule is CC.CCCC1=CCCC(C(C)(C)C)=C1. The minimum atomic E-state index is 0.368. The molecule has 0 spiro atoms. The van der Waals surface area contributed by atoms with Gasteiger partial charge in [-0.2, -0.15) is 0 Å². The zero-order valence-electron chi connectivity index (χ0n) is 11.5. The van der Waals surface area contributed by atoms with Gasteiger partial charge in [-0.15, -0.1) is 0 Å². The summed E-state index contributed by atoms with van der Waals surface area (Å²) in [5.74, 6) is 0. The van der Waals surface area contributed by atoms with Gasteiger partial charge < -0.3 is 0 Å². The highest BCUT2D eigenvalue weighted by molar-refractivity contribution is 5.30. The lowest BCUT2D eigenvalue weighted by atomic mass is 9.80. The van der Waals surface area contributed by atoms with Crippen LogP contribution in [0.1, 0.15) is 67.2 Å². The Bertz CT molecular complexity index is 223. The van der Waals surface area contributed by atoms with Crippen LogP contribution >= 0.6 is 0 Å². The predicted molar refractivity (Wildman–Crippen MR) is 71.1 cm³/mol. The first kappa shape index (κ1) is 14.5. The number of hydrogen-bond donors (Lipinski definition) is 0. The van der Waals surface area contributed by atoms with Gasteiger partial charge in [0, 0.05) is 0 Å². The summed E-state index contributed by atoms with van der Waals surface area (Å²) in [4.78, 5) is 0. The van der Waals surface area contributed by atoms with Gasteiger partial charge in [0.05, 0.1) is 0 Å². The maximum atomic E-state index is 2.42. The molecular formula is C15H28. The number of hydrogen-bond acceptors (Lipinski definition) is 0. The van der Waals surface area contributed by atoms with Crippen molar-refractivity contribution in [3.05, 3.63) is 23.3 Å². The first-order valence-electron chi connectivity index (χ1n) is 6.44. The molecule has 0 nitrogen and oxygen atoms in total. The molecule has 0 atom stereocenters. The van der Waals surface area contributed by atoms with Crippen LogP contribution in [0.3, 0.4) is 0 Å². The Morgan fingerprint density at radius 1 is 1.20 bits per heavy atom. The van der Waals surface area contributed by atoms with E-state index in [1.807, 2.05) is 13.8 Å².